The van der Waals surface area contributed by atoms with Crippen LogP contribution in [0.15, 0.2) is 18.2 Å². The molecular weight excluding hydrogens is 478 g/mol. The van der Waals surface area contributed by atoms with Crippen LogP contribution < -0.4 is 10.6 Å². The quantitative estimate of drug-likeness (QED) is 0.412. The summed E-state index contributed by atoms with van der Waals surface area (Å²) in [6, 6.07) is 1.33. The summed E-state index contributed by atoms with van der Waals surface area (Å²) in [6.45, 7) is 0. The minimum atomic E-state index is -6.30. The highest BCUT2D eigenvalue weighted by Crippen LogP contribution is 2.46. The van der Waals surface area contributed by atoms with Crippen LogP contribution in [0.4, 0.5) is 46.8 Å². The molecule has 2 N–H and O–H groups in total. The number of benzene rings is 1. The van der Waals surface area contributed by atoms with Gasteiger partial charge in [-0.3, -0.25) is 9.59 Å². The molecule has 0 atom stereocenters. The van der Waals surface area contributed by atoms with Crippen molar-refractivity contribution in [3.8, 4) is 11.1 Å². The minimum absolute atomic E-state index is 0.288. The molecule has 0 radical (unpaired) electrons. The SMILES string of the molecule is O=C(Nc1cc(-c2c(F)cc(C(F)(F)C(F)(F)F)c(F)c2F)cc(NC(=O)C2CC2)n1)C1CC1. The maximum absolute atomic E-state index is 14.7. The average molecular weight is 493 g/mol. The number of alkyl halides is 5. The number of amides is 2. The molecule has 13 heteroatoms. The zero-order chi connectivity index (χ0) is 25.0. The molecule has 1 aromatic carbocycles. The van der Waals surface area contributed by atoms with Gasteiger partial charge in [0.15, 0.2) is 11.6 Å². The molecule has 0 spiro atoms. The molecule has 2 fully saturated rings. The van der Waals surface area contributed by atoms with Crippen LogP contribution in [0.1, 0.15) is 31.2 Å². The van der Waals surface area contributed by atoms with E-state index in [9.17, 15) is 44.7 Å². The topological polar surface area (TPSA) is 71.1 Å². The summed E-state index contributed by atoms with van der Waals surface area (Å²) in [5, 5.41) is 4.75. The van der Waals surface area contributed by atoms with Gasteiger partial charge in [-0.2, -0.15) is 22.0 Å². The largest absolute Gasteiger partial charge is 0.458 e. The molecule has 182 valence electrons. The Bertz CT molecular complexity index is 1130. The lowest BCUT2D eigenvalue weighted by Gasteiger charge is -2.21. The van der Waals surface area contributed by atoms with Crippen LogP contribution in [0.25, 0.3) is 11.1 Å². The van der Waals surface area contributed by atoms with E-state index in [0.29, 0.717) is 25.7 Å². The van der Waals surface area contributed by atoms with Crippen molar-refractivity contribution in [2.24, 2.45) is 11.8 Å². The van der Waals surface area contributed by atoms with Crippen molar-refractivity contribution in [3.63, 3.8) is 0 Å². The zero-order valence-corrected chi connectivity index (χ0v) is 17.0. The molecule has 2 aromatic rings. The number of rotatable bonds is 6. The Morgan fingerprint density at radius 3 is 1.68 bits per heavy atom. The van der Waals surface area contributed by atoms with E-state index in [1.54, 1.807) is 0 Å². The number of hydrogen-bond donors (Lipinski definition) is 2. The lowest BCUT2D eigenvalue weighted by atomic mass is 9.99. The molecule has 34 heavy (non-hydrogen) atoms. The van der Waals surface area contributed by atoms with Gasteiger partial charge in [0.1, 0.15) is 17.5 Å². The number of nitrogens with one attached hydrogen (secondary N) is 2. The summed E-state index contributed by atoms with van der Waals surface area (Å²) in [7, 11) is 0. The van der Waals surface area contributed by atoms with Gasteiger partial charge in [-0.25, -0.2) is 18.2 Å². The highest BCUT2D eigenvalue weighted by molar-refractivity contribution is 5.96. The van der Waals surface area contributed by atoms with Gasteiger partial charge in [0.2, 0.25) is 11.8 Å². The van der Waals surface area contributed by atoms with Crippen LogP contribution >= 0.6 is 0 Å². The first-order valence-electron chi connectivity index (χ1n) is 10.1. The zero-order valence-electron chi connectivity index (χ0n) is 17.0. The number of nitrogens with zero attached hydrogens (tertiary/aromatic N) is 1. The third-order valence-electron chi connectivity index (χ3n) is 5.37. The van der Waals surface area contributed by atoms with Gasteiger partial charge in [-0.1, -0.05) is 0 Å². The van der Waals surface area contributed by atoms with Gasteiger partial charge >= 0.3 is 12.1 Å². The van der Waals surface area contributed by atoms with Gasteiger partial charge in [0.25, 0.3) is 0 Å². The molecular formula is C21H15F8N3O2. The molecule has 0 bridgehead atoms. The molecule has 2 amide bonds. The molecule has 0 aliphatic heterocycles. The minimum Gasteiger partial charge on any atom is -0.310 e. The first-order valence-corrected chi connectivity index (χ1v) is 10.1. The molecule has 1 heterocycles. The summed E-state index contributed by atoms with van der Waals surface area (Å²) in [4.78, 5) is 28.1. The first kappa shape index (κ1) is 23.9. The molecule has 2 aliphatic rings. The summed E-state index contributed by atoms with van der Waals surface area (Å²) in [6.07, 6.45) is -3.91. The number of carbonyl (C=O) groups is 2. The number of halogens is 8. The Kier molecular flexibility index (Phi) is 5.76. The first-order chi connectivity index (χ1) is 15.8. The second-order valence-electron chi connectivity index (χ2n) is 8.13. The molecule has 5 nitrogen and oxygen atoms in total. The van der Waals surface area contributed by atoms with Crippen molar-refractivity contribution < 1.29 is 44.7 Å². The predicted octanol–water partition coefficient (Wildman–Crippen LogP) is 5.52. The van der Waals surface area contributed by atoms with Crippen molar-refractivity contribution in [1.29, 1.82) is 0 Å². The molecule has 4 rings (SSSR count). The second-order valence-corrected chi connectivity index (χ2v) is 8.13. The van der Waals surface area contributed by atoms with E-state index >= 15 is 0 Å². The van der Waals surface area contributed by atoms with Crippen molar-refractivity contribution in [1.82, 2.24) is 4.98 Å². The van der Waals surface area contributed by atoms with Crippen LogP contribution in [-0.2, 0) is 15.5 Å². The molecule has 2 aliphatic carbocycles. The number of hydrogen-bond acceptors (Lipinski definition) is 3. The third-order valence-corrected chi connectivity index (χ3v) is 5.37. The van der Waals surface area contributed by atoms with Crippen LogP contribution in [0.5, 0.6) is 0 Å². The van der Waals surface area contributed by atoms with Crippen molar-refractivity contribution in [2.45, 2.75) is 37.8 Å². The Labute approximate surface area is 186 Å². The normalized spacial score (nSPS) is 16.4. The van der Waals surface area contributed by atoms with Crippen LogP contribution in [0.2, 0.25) is 0 Å². The Balaban J connectivity index is 1.79. The molecule has 0 unspecified atom stereocenters. The van der Waals surface area contributed by atoms with Crippen molar-refractivity contribution in [2.75, 3.05) is 10.6 Å². The molecule has 1 aromatic heterocycles. The standard InChI is InChI=1S/C21H15F8N3O2/c22-12-7-11(20(25,26)21(27,28)29)16(23)17(24)15(12)10-5-13(31-18(33)8-1-2-8)30-14(6-10)32-19(34)9-3-4-9/h5-9H,1-4H2,(H2,30,31,32,33,34). The van der Waals surface area contributed by atoms with E-state index in [0.717, 1.165) is 12.1 Å². The number of carbonyl (C=O) groups excluding carboxylic acids is 2. The summed E-state index contributed by atoms with van der Waals surface area (Å²) < 4.78 is 109. The van der Waals surface area contributed by atoms with Gasteiger partial charge < -0.3 is 10.6 Å². The smallest absolute Gasteiger partial charge is 0.310 e. The number of anilines is 2. The van der Waals surface area contributed by atoms with Crippen LogP contribution in [0, 0.1) is 29.3 Å². The fraction of sp³-hybridized carbons (Fsp3) is 0.381. The van der Waals surface area contributed by atoms with Crippen LogP contribution in [0.3, 0.4) is 0 Å². The Morgan fingerprint density at radius 2 is 1.26 bits per heavy atom. The third kappa shape index (κ3) is 4.55. The van der Waals surface area contributed by atoms with Gasteiger partial charge in [0.05, 0.1) is 11.1 Å². The molecule has 0 saturated heterocycles. The van der Waals surface area contributed by atoms with E-state index < -0.39 is 64.1 Å². The highest BCUT2D eigenvalue weighted by atomic mass is 19.4. The predicted molar refractivity (Wildman–Crippen MR) is 102 cm³/mol. The van der Waals surface area contributed by atoms with Crippen LogP contribution in [-0.4, -0.2) is 23.0 Å². The maximum atomic E-state index is 14.7. The van der Waals surface area contributed by atoms with Crippen molar-refractivity contribution >= 4 is 23.5 Å². The van der Waals surface area contributed by atoms with Gasteiger partial charge in [-0.05, 0) is 49.4 Å². The van der Waals surface area contributed by atoms with Crippen molar-refractivity contribution in [3.05, 3.63) is 41.2 Å². The Morgan fingerprint density at radius 1 is 0.794 bits per heavy atom. The summed E-state index contributed by atoms with van der Waals surface area (Å²) in [5.74, 6) is -14.8. The van der Waals surface area contributed by atoms with Gasteiger partial charge in [0, 0.05) is 11.8 Å². The lowest BCUT2D eigenvalue weighted by molar-refractivity contribution is -0.290. The number of pyridine rings is 1. The fourth-order valence-corrected chi connectivity index (χ4v) is 3.19. The van der Waals surface area contributed by atoms with E-state index in [1.807, 2.05) is 0 Å². The maximum Gasteiger partial charge on any atom is 0.458 e. The number of aromatic nitrogens is 1. The van der Waals surface area contributed by atoms with Gasteiger partial charge in [-0.15, -0.1) is 0 Å². The monoisotopic (exact) mass is 493 g/mol. The summed E-state index contributed by atoms with van der Waals surface area (Å²) in [5.41, 5.74) is -4.34. The Hall–Kier alpha value is -3.25. The molecule has 2 saturated carbocycles. The van der Waals surface area contributed by atoms with E-state index in [-0.39, 0.29) is 23.5 Å². The van der Waals surface area contributed by atoms with E-state index in [4.69, 9.17) is 0 Å². The lowest BCUT2D eigenvalue weighted by Crippen LogP contribution is -2.35. The van der Waals surface area contributed by atoms with E-state index in [2.05, 4.69) is 15.6 Å². The van der Waals surface area contributed by atoms with E-state index in [1.165, 1.54) is 0 Å². The second kappa shape index (κ2) is 8.20. The average Bonchev–Trinajstić information content (AvgIpc) is 3.62. The fourth-order valence-electron chi connectivity index (χ4n) is 3.19. The highest BCUT2D eigenvalue weighted by Gasteiger charge is 2.60. The summed E-state index contributed by atoms with van der Waals surface area (Å²) >= 11 is 0.